The van der Waals surface area contributed by atoms with Crippen LogP contribution in [-0.2, 0) is 0 Å². The molecule has 0 aliphatic carbocycles. The van der Waals surface area contributed by atoms with Crippen LogP contribution in [0, 0.1) is 15.9 Å². The molecule has 0 unspecified atom stereocenters. The van der Waals surface area contributed by atoms with Crippen LogP contribution in [0.2, 0.25) is 0 Å². The van der Waals surface area contributed by atoms with E-state index in [9.17, 15) is 24.1 Å². The van der Waals surface area contributed by atoms with E-state index in [1.54, 1.807) is 30.3 Å². The molecule has 4 rings (SSSR count). The van der Waals surface area contributed by atoms with E-state index in [-0.39, 0.29) is 22.9 Å². The first-order chi connectivity index (χ1) is 16.3. The first kappa shape index (κ1) is 22.7. The summed E-state index contributed by atoms with van der Waals surface area (Å²) in [5, 5.41) is 13.1. The molecule has 0 aliphatic heterocycles. The summed E-state index contributed by atoms with van der Waals surface area (Å²) in [6, 6.07) is 13.6. The zero-order valence-corrected chi connectivity index (χ0v) is 18.2. The number of rotatable bonds is 5. The number of nitrogens with one attached hydrogen (secondary N) is 2. The van der Waals surface area contributed by atoms with Crippen molar-refractivity contribution >= 4 is 45.6 Å². The smallest absolute Gasteiger partial charge is 0.329 e. The number of hydrogen-bond acceptors (Lipinski definition) is 8. The van der Waals surface area contributed by atoms with E-state index < -0.39 is 21.9 Å². The van der Waals surface area contributed by atoms with Crippen LogP contribution in [0.1, 0.15) is 10.4 Å². The highest BCUT2D eigenvalue weighted by molar-refractivity contribution is 8.12. The lowest BCUT2D eigenvalue weighted by Gasteiger charge is -2.07. The first-order valence-corrected chi connectivity index (χ1v) is 10.4. The molecule has 0 saturated heterocycles. The minimum absolute atomic E-state index is 0.0149. The predicted molar refractivity (Wildman–Crippen MR) is 123 cm³/mol. The molecular weight excluding hydrogens is 467 g/mol. The fourth-order valence-corrected chi connectivity index (χ4v) is 3.50. The van der Waals surface area contributed by atoms with Crippen LogP contribution in [0.15, 0.2) is 65.1 Å². The minimum atomic E-state index is -0.699. The Labute approximate surface area is 195 Å². The first-order valence-electron chi connectivity index (χ1n) is 9.61. The third-order valence-electron chi connectivity index (χ3n) is 4.56. The molecule has 10 nitrogen and oxygen atoms in total. The average Bonchev–Trinajstić information content (AvgIpc) is 3.25. The summed E-state index contributed by atoms with van der Waals surface area (Å²) in [5.41, 5.74) is 1.38. The van der Waals surface area contributed by atoms with Crippen LogP contribution >= 0.6 is 11.9 Å². The van der Waals surface area contributed by atoms with Gasteiger partial charge in [0.05, 0.1) is 12.0 Å². The molecule has 2 N–H and O–H groups in total. The van der Waals surface area contributed by atoms with Crippen LogP contribution < -0.4 is 14.8 Å². The molecule has 1 aromatic heterocycles. The third kappa shape index (κ3) is 4.96. The van der Waals surface area contributed by atoms with Crippen molar-refractivity contribution in [3.8, 4) is 17.2 Å². The summed E-state index contributed by atoms with van der Waals surface area (Å²) in [6.07, 6.45) is 0. The van der Waals surface area contributed by atoms with Gasteiger partial charge in [-0.3, -0.25) is 19.6 Å². The van der Waals surface area contributed by atoms with Crippen molar-refractivity contribution in [3.63, 3.8) is 0 Å². The maximum absolute atomic E-state index is 13.5. The van der Waals surface area contributed by atoms with Crippen LogP contribution in [0.3, 0.4) is 0 Å². The summed E-state index contributed by atoms with van der Waals surface area (Å²) in [7, 11) is 1.28. The number of nitrogens with zero attached hydrogens (tertiary/aromatic N) is 2. The van der Waals surface area contributed by atoms with Crippen LogP contribution in [0.5, 0.6) is 5.75 Å². The van der Waals surface area contributed by atoms with E-state index >= 15 is 0 Å². The van der Waals surface area contributed by atoms with Crippen LogP contribution in [0.25, 0.3) is 22.6 Å². The standard InChI is InChI=1S/C22H15FN4O6S/c1-32-19-7-5-13(10-17(19)27(30)31)21(28)34-26-22(29)24-15-6-8-18-16(11-15)25-20(33-18)12-3-2-4-14(23)9-12/h2-11H,1H3,(H2,24,26,29). The van der Waals surface area contributed by atoms with Crippen molar-refractivity contribution in [3.05, 3.63) is 82.2 Å². The van der Waals surface area contributed by atoms with Crippen molar-refractivity contribution in [2.24, 2.45) is 0 Å². The largest absolute Gasteiger partial charge is 0.490 e. The Morgan fingerprint density at radius 3 is 2.71 bits per heavy atom. The Balaban J connectivity index is 1.41. The lowest BCUT2D eigenvalue weighted by molar-refractivity contribution is -0.385. The maximum atomic E-state index is 13.5. The van der Waals surface area contributed by atoms with Crippen LogP contribution in [0.4, 0.5) is 20.6 Å². The predicted octanol–water partition coefficient (Wildman–Crippen LogP) is 5.16. The van der Waals surface area contributed by atoms with Gasteiger partial charge in [-0.2, -0.15) is 0 Å². The van der Waals surface area contributed by atoms with Gasteiger partial charge < -0.3 is 14.5 Å². The Morgan fingerprint density at radius 1 is 1.15 bits per heavy atom. The van der Waals surface area contributed by atoms with E-state index in [2.05, 4.69) is 15.0 Å². The molecule has 0 spiro atoms. The number of hydrogen-bond donors (Lipinski definition) is 2. The highest BCUT2D eigenvalue weighted by atomic mass is 32.2. The molecule has 0 aliphatic rings. The van der Waals surface area contributed by atoms with Crippen molar-refractivity contribution in [2.75, 3.05) is 12.4 Å². The molecule has 1 heterocycles. The minimum Gasteiger partial charge on any atom is -0.490 e. The maximum Gasteiger partial charge on any atom is 0.329 e. The van der Waals surface area contributed by atoms with Gasteiger partial charge in [0.1, 0.15) is 11.3 Å². The highest BCUT2D eigenvalue weighted by Gasteiger charge is 2.19. The summed E-state index contributed by atoms with van der Waals surface area (Å²) >= 11 is 0.463. The number of halogens is 1. The Bertz CT molecular complexity index is 1420. The zero-order chi connectivity index (χ0) is 24.2. The number of benzene rings is 3. The van der Waals surface area contributed by atoms with Gasteiger partial charge >= 0.3 is 11.7 Å². The summed E-state index contributed by atoms with van der Waals surface area (Å²) in [5.74, 6) is -0.179. The molecule has 3 aromatic carbocycles. The lowest BCUT2D eigenvalue weighted by atomic mass is 10.2. The van der Waals surface area contributed by atoms with Gasteiger partial charge in [-0.05, 0) is 48.5 Å². The number of methoxy groups -OCH3 is 1. The van der Waals surface area contributed by atoms with Gasteiger partial charge in [0.15, 0.2) is 11.3 Å². The average molecular weight is 482 g/mol. The van der Waals surface area contributed by atoms with Gasteiger partial charge in [0.2, 0.25) is 11.0 Å². The van der Waals surface area contributed by atoms with Gasteiger partial charge in [0, 0.05) is 34.8 Å². The van der Waals surface area contributed by atoms with Crippen molar-refractivity contribution in [2.45, 2.75) is 0 Å². The summed E-state index contributed by atoms with van der Waals surface area (Å²) < 4.78 is 26.3. The molecule has 0 bridgehead atoms. The third-order valence-corrected chi connectivity index (χ3v) is 5.27. The van der Waals surface area contributed by atoms with E-state index in [0.29, 0.717) is 34.3 Å². The van der Waals surface area contributed by atoms with Gasteiger partial charge in [0.25, 0.3) is 0 Å². The highest BCUT2D eigenvalue weighted by Crippen LogP contribution is 2.29. The molecule has 0 saturated carbocycles. The monoisotopic (exact) mass is 482 g/mol. The van der Waals surface area contributed by atoms with E-state index in [1.165, 1.54) is 31.4 Å². The summed E-state index contributed by atoms with van der Waals surface area (Å²) in [6.45, 7) is 0. The second-order valence-corrected chi connectivity index (χ2v) is 7.58. The molecule has 12 heteroatoms. The quantitative estimate of drug-likeness (QED) is 0.226. The number of aromatic nitrogens is 1. The van der Waals surface area contributed by atoms with Crippen molar-refractivity contribution in [1.82, 2.24) is 9.71 Å². The number of urea groups is 1. The molecule has 0 radical (unpaired) electrons. The van der Waals surface area contributed by atoms with Gasteiger partial charge in [-0.15, -0.1) is 0 Å². The lowest BCUT2D eigenvalue weighted by Crippen LogP contribution is -2.24. The Kier molecular flexibility index (Phi) is 6.41. The fourth-order valence-electron chi connectivity index (χ4n) is 3.02. The topological polar surface area (TPSA) is 137 Å². The number of carbonyl (C=O) groups excluding carboxylic acids is 2. The van der Waals surface area contributed by atoms with Gasteiger partial charge in [-0.1, -0.05) is 6.07 Å². The Morgan fingerprint density at radius 2 is 1.97 bits per heavy atom. The number of fused-ring (bicyclic) bond motifs is 1. The Hall–Kier alpha value is -4.45. The normalized spacial score (nSPS) is 10.6. The number of nitro benzene ring substituents is 1. The van der Waals surface area contributed by atoms with Crippen molar-refractivity contribution in [1.29, 1.82) is 0 Å². The number of anilines is 1. The zero-order valence-electron chi connectivity index (χ0n) is 17.4. The van der Waals surface area contributed by atoms with Crippen LogP contribution in [-0.4, -0.2) is 28.2 Å². The second kappa shape index (κ2) is 9.58. The van der Waals surface area contributed by atoms with E-state index in [1.807, 2.05) is 0 Å². The van der Waals surface area contributed by atoms with E-state index in [4.69, 9.17) is 9.15 Å². The number of nitro groups is 1. The molecule has 0 fully saturated rings. The van der Waals surface area contributed by atoms with E-state index in [0.717, 1.165) is 6.07 Å². The number of oxazole rings is 1. The molecule has 172 valence electrons. The SMILES string of the molecule is COc1ccc(C(=O)SNC(=O)Nc2ccc3oc(-c4cccc(F)c4)nc3c2)cc1[N+](=O)[O-]. The molecule has 0 atom stereocenters. The number of ether oxygens (including phenoxy) is 1. The summed E-state index contributed by atoms with van der Waals surface area (Å²) in [4.78, 5) is 39.3. The molecule has 2 amide bonds. The second-order valence-electron chi connectivity index (χ2n) is 6.80. The molecule has 34 heavy (non-hydrogen) atoms. The van der Waals surface area contributed by atoms with Crippen molar-refractivity contribution < 1.29 is 28.1 Å². The molecule has 4 aromatic rings. The number of carbonyl (C=O) groups is 2. The fraction of sp³-hybridized carbons (Fsp3) is 0.0455. The van der Waals surface area contributed by atoms with Gasteiger partial charge in [-0.25, -0.2) is 14.2 Å². The number of amides is 2. The molecular formula is C22H15FN4O6S.